The number of hydrogen-bond donors (Lipinski definition) is 2. The minimum Gasteiger partial charge on any atom is -0.366 e. The predicted molar refractivity (Wildman–Crippen MR) is 146 cm³/mol. The second kappa shape index (κ2) is 10.3. The van der Waals surface area contributed by atoms with E-state index in [4.69, 9.17) is 16.6 Å². The van der Waals surface area contributed by atoms with Crippen LogP contribution in [0.15, 0.2) is 90.0 Å². The van der Waals surface area contributed by atoms with Gasteiger partial charge in [0.25, 0.3) is 0 Å². The van der Waals surface area contributed by atoms with Gasteiger partial charge in [-0.3, -0.25) is 0 Å². The molecule has 2 heterocycles. The highest BCUT2D eigenvalue weighted by Crippen LogP contribution is 2.28. The lowest BCUT2D eigenvalue weighted by Crippen LogP contribution is -2.24. The Labute approximate surface area is 219 Å². The highest BCUT2D eigenvalue weighted by molar-refractivity contribution is 7.89. The molecule has 2 aromatic heterocycles. The molecule has 5 aromatic rings. The summed E-state index contributed by atoms with van der Waals surface area (Å²) in [5.41, 5.74) is 4.86. The highest BCUT2D eigenvalue weighted by atomic mass is 35.5. The van der Waals surface area contributed by atoms with Crippen LogP contribution in [0.1, 0.15) is 11.1 Å². The maximum atomic E-state index is 14.0. The monoisotopic (exact) mass is 533 g/mol. The van der Waals surface area contributed by atoms with Crippen molar-refractivity contribution in [3.05, 3.63) is 107 Å². The Hall–Kier alpha value is -3.73. The summed E-state index contributed by atoms with van der Waals surface area (Å²) in [6, 6.07) is 22.2. The third-order valence-electron chi connectivity index (χ3n) is 5.86. The molecule has 0 saturated carbocycles. The van der Waals surface area contributed by atoms with Crippen LogP contribution in [0.4, 0.5) is 10.2 Å². The van der Waals surface area contributed by atoms with Gasteiger partial charge in [0.1, 0.15) is 24.4 Å². The van der Waals surface area contributed by atoms with Crippen molar-refractivity contribution in [1.82, 2.24) is 19.3 Å². The molecule has 37 heavy (non-hydrogen) atoms. The molecular weight excluding hydrogens is 512 g/mol. The van der Waals surface area contributed by atoms with Gasteiger partial charge in [-0.15, -0.1) is 0 Å². The van der Waals surface area contributed by atoms with E-state index in [0.717, 1.165) is 45.4 Å². The van der Waals surface area contributed by atoms with Crippen molar-refractivity contribution in [2.75, 3.05) is 5.32 Å². The average molecular weight is 534 g/mol. The molecule has 7 nitrogen and oxygen atoms in total. The number of hydrogen-bond acceptors (Lipinski definition) is 5. The Balaban J connectivity index is 1.36. The molecule has 2 N–H and O–H groups in total. The zero-order valence-corrected chi connectivity index (χ0v) is 21.4. The van der Waals surface area contributed by atoms with E-state index in [1.165, 1.54) is 18.2 Å². The zero-order valence-electron chi connectivity index (χ0n) is 19.8. The number of rotatable bonds is 8. The molecule has 0 aliphatic heterocycles. The van der Waals surface area contributed by atoms with Gasteiger partial charge >= 0.3 is 0 Å². The summed E-state index contributed by atoms with van der Waals surface area (Å²) in [6.45, 7) is 0.479. The number of aromatic nitrogens is 3. The molecule has 0 saturated heterocycles. The first-order valence-electron chi connectivity index (χ1n) is 11.5. The van der Waals surface area contributed by atoms with Gasteiger partial charge in [-0.25, -0.2) is 22.5 Å². The van der Waals surface area contributed by atoms with Crippen LogP contribution in [0.25, 0.3) is 16.9 Å². The summed E-state index contributed by atoms with van der Waals surface area (Å²) in [6.07, 6.45) is 1.76. The minimum absolute atomic E-state index is 0.0268. The van der Waals surface area contributed by atoms with E-state index in [9.17, 15) is 12.8 Å². The summed E-state index contributed by atoms with van der Waals surface area (Å²) in [7, 11) is -2.04. The van der Waals surface area contributed by atoms with Crippen molar-refractivity contribution in [1.29, 1.82) is 0 Å². The summed E-state index contributed by atoms with van der Waals surface area (Å²) in [4.78, 5) is 4.38. The largest absolute Gasteiger partial charge is 0.366 e. The molecule has 5 rings (SSSR count). The highest BCUT2D eigenvalue weighted by Gasteiger charge is 2.18. The summed E-state index contributed by atoms with van der Waals surface area (Å²) >= 11 is 6.42. The number of sulfonamides is 1. The van der Waals surface area contributed by atoms with Crippen LogP contribution in [0.2, 0.25) is 5.02 Å². The predicted octanol–water partition coefficient (Wildman–Crippen LogP) is 3.54. The Morgan fingerprint density at radius 2 is 1.68 bits per heavy atom. The van der Waals surface area contributed by atoms with Gasteiger partial charge in [0, 0.05) is 35.9 Å². The molecule has 11 heteroatoms. The smallest absolute Gasteiger partial charge is 0.243 e. The van der Waals surface area contributed by atoms with Crippen molar-refractivity contribution in [3.63, 3.8) is 0 Å². The van der Waals surface area contributed by atoms with Gasteiger partial charge in [0.15, 0.2) is 5.65 Å². The molecule has 0 bridgehead atoms. The van der Waals surface area contributed by atoms with E-state index in [0.29, 0.717) is 11.6 Å². The Bertz CT molecular complexity index is 1710. The lowest BCUT2D eigenvalue weighted by molar-refractivity contribution is 0.557. The average Bonchev–Trinajstić information content (AvgIpc) is 3.27. The van der Waals surface area contributed by atoms with E-state index < -0.39 is 15.8 Å². The summed E-state index contributed by atoms with van der Waals surface area (Å²) in [5.74, 6) is -0.0553. The molecule has 3 aromatic carbocycles. The zero-order chi connectivity index (χ0) is 26.0. The minimum atomic E-state index is -3.98. The third-order valence-corrected chi connectivity index (χ3v) is 7.62. The molecule has 186 valence electrons. The van der Waals surface area contributed by atoms with Crippen LogP contribution < -0.4 is 15.5 Å². The van der Waals surface area contributed by atoms with Gasteiger partial charge < -0.3 is 5.32 Å². The first kappa shape index (κ1) is 24.9. The maximum Gasteiger partial charge on any atom is 0.243 e. The van der Waals surface area contributed by atoms with Crippen molar-refractivity contribution in [2.45, 2.75) is 18.0 Å². The fourth-order valence-electron chi connectivity index (χ4n) is 3.97. The van der Waals surface area contributed by atoms with E-state index in [2.05, 4.69) is 15.1 Å². The molecule has 0 spiro atoms. The third kappa shape index (κ3) is 5.36. The molecule has 0 amide bonds. The Morgan fingerprint density at radius 1 is 0.946 bits per heavy atom. The number of nitrogens with one attached hydrogen (secondary N) is 2. The van der Waals surface area contributed by atoms with Gasteiger partial charge in [-0.05, 0) is 34.8 Å². The molecule has 0 atom stereocenters. The van der Waals surface area contributed by atoms with Gasteiger partial charge in [0.05, 0.1) is 5.69 Å². The van der Waals surface area contributed by atoms with Crippen molar-refractivity contribution >= 4 is 46.4 Å². The van der Waals surface area contributed by atoms with Crippen molar-refractivity contribution in [3.8, 4) is 11.3 Å². The first-order chi connectivity index (χ1) is 17.8. The molecule has 0 aliphatic rings. The lowest BCUT2D eigenvalue weighted by Gasteiger charge is -2.13. The van der Waals surface area contributed by atoms with Crippen LogP contribution in [-0.2, 0) is 23.1 Å². The number of anilines is 1. The van der Waals surface area contributed by atoms with Gasteiger partial charge in [-0.1, -0.05) is 66.2 Å². The second-order valence-electron chi connectivity index (χ2n) is 8.50. The standard InChI is InChI=1S/C26H22BClFN5O2S/c27-20-16-31-34-25(13-23(33-26(20)34)19-8-1-2-9-21(19)28)30-14-17-6-5-7-18(12-17)15-32-37(35,36)24-11-4-3-10-22(24)29/h1-13,16,30,32H,14-15,27H2. The normalized spacial score (nSPS) is 11.6. The molecule has 0 aliphatic carbocycles. The van der Waals surface area contributed by atoms with Crippen molar-refractivity contribution < 1.29 is 12.8 Å². The van der Waals surface area contributed by atoms with E-state index >= 15 is 0 Å². The quantitative estimate of drug-likeness (QED) is 0.298. The lowest BCUT2D eigenvalue weighted by atomic mass is 10.0. The van der Waals surface area contributed by atoms with E-state index in [-0.39, 0.29) is 11.4 Å². The van der Waals surface area contributed by atoms with Crippen molar-refractivity contribution in [2.24, 2.45) is 0 Å². The van der Waals surface area contributed by atoms with Crippen LogP contribution in [0, 0.1) is 5.82 Å². The maximum absolute atomic E-state index is 14.0. The fourth-order valence-corrected chi connectivity index (χ4v) is 5.29. The topological polar surface area (TPSA) is 88.4 Å². The number of halogens is 2. The van der Waals surface area contributed by atoms with Crippen LogP contribution >= 0.6 is 11.6 Å². The molecular formula is C26H22BClFN5O2S. The Morgan fingerprint density at radius 3 is 2.46 bits per heavy atom. The van der Waals surface area contributed by atoms with E-state index in [1.54, 1.807) is 10.7 Å². The second-order valence-corrected chi connectivity index (χ2v) is 10.6. The first-order valence-corrected chi connectivity index (χ1v) is 13.3. The van der Waals surface area contributed by atoms with E-state index in [1.807, 2.05) is 62.4 Å². The Kier molecular flexibility index (Phi) is 6.97. The molecule has 0 radical (unpaired) electrons. The summed E-state index contributed by atoms with van der Waals surface area (Å²) < 4.78 is 43.2. The van der Waals surface area contributed by atoms with Crippen LogP contribution in [0.3, 0.4) is 0 Å². The molecule has 0 unspecified atom stereocenters. The van der Waals surface area contributed by atoms with Crippen LogP contribution in [0.5, 0.6) is 0 Å². The van der Waals surface area contributed by atoms with Gasteiger partial charge in [0.2, 0.25) is 10.0 Å². The summed E-state index contributed by atoms with van der Waals surface area (Å²) in [5, 5.41) is 8.46. The fraction of sp³-hybridized carbons (Fsp3) is 0.0769. The molecule has 0 fully saturated rings. The SMILES string of the molecule is Bc1cnn2c(NCc3cccc(CNS(=O)(=O)c4ccccc4F)c3)cc(-c3ccccc3Cl)nc12. The number of fused-ring (bicyclic) bond motifs is 1. The van der Waals surface area contributed by atoms with Gasteiger partial charge in [-0.2, -0.15) is 9.61 Å². The number of benzene rings is 3. The van der Waals surface area contributed by atoms with Crippen LogP contribution in [-0.4, -0.2) is 30.9 Å². The number of nitrogens with zero attached hydrogens (tertiary/aromatic N) is 3.